The Balaban J connectivity index is 4.67. The van der Waals surface area contributed by atoms with Crippen molar-refractivity contribution in [3.05, 3.63) is 0 Å². The predicted molar refractivity (Wildman–Crippen MR) is 89.4 cm³/mol. The second-order valence-electron chi connectivity index (χ2n) is 6.55. The lowest BCUT2D eigenvalue weighted by Gasteiger charge is -2.28. The highest BCUT2D eigenvalue weighted by atomic mass is 16.7. The molecule has 140 valence electrons. The summed E-state index contributed by atoms with van der Waals surface area (Å²) in [5.74, 6) is -1.56. The Labute approximate surface area is 144 Å². The third kappa shape index (κ3) is 7.66. The highest BCUT2D eigenvalue weighted by molar-refractivity contribution is 5.83. The molecule has 0 aliphatic carbocycles. The van der Waals surface area contributed by atoms with Crippen molar-refractivity contribution < 1.29 is 29.0 Å². The maximum absolute atomic E-state index is 11.9. The van der Waals surface area contributed by atoms with E-state index in [9.17, 15) is 19.5 Å². The molecular weight excluding hydrogens is 314 g/mol. The number of hydrogen-bond donors (Lipinski definition) is 2. The van der Waals surface area contributed by atoms with Crippen LogP contribution in [0.4, 0.5) is 4.79 Å². The molecular formula is C17H31NO6. The third-order valence-electron chi connectivity index (χ3n) is 4.08. The van der Waals surface area contributed by atoms with Gasteiger partial charge in [0.05, 0.1) is 5.92 Å². The molecule has 2 atom stereocenters. The molecule has 24 heavy (non-hydrogen) atoms. The number of hydrogen-bond acceptors (Lipinski definition) is 5. The number of rotatable bonds is 10. The molecule has 2 N–H and O–H groups in total. The van der Waals surface area contributed by atoms with Gasteiger partial charge in [0.15, 0.2) is 0 Å². The van der Waals surface area contributed by atoms with Crippen LogP contribution < -0.4 is 5.32 Å². The van der Waals surface area contributed by atoms with Crippen LogP contribution in [-0.2, 0) is 19.1 Å². The number of carbonyl (C=O) groups excluding carboxylic acids is 2. The fourth-order valence-electron chi connectivity index (χ4n) is 2.14. The van der Waals surface area contributed by atoms with Gasteiger partial charge in [-0.25, -0.2) is 9.59 Å². The summed E-state index contributed by atoms with van der Waals surface area (Å²) in [5.41, 5.74) is -1.43. The minimum absolute atomic E-state index is 0.296. The molecule has 0 aromatic heterocycles. The summed E-state index contributed by atoms with van der Waals surface area (Å²) in [6, 6.07) is 0. The van der Waals surface area contributed by atoms with Crippen LogP contribution in [0.3, 0.4) is 0 Å². The molecule has 0 heterocycles. The van der Waals surface area contributed by atoms with Crippen molar-refractivity contribution in [3.63, 3.8) is 0 Å². The number of nitrogens with one attached hydrogen (secondary N) is 1. The van der Waals surface area contributed by atoms with Gasteiger partial charge in [-0.05, 0) is 25.7 Å². The van der Waals surface area contributed by atoms with Gasteiger partial charge < -0.3 is 19.9 Å². The fraction of sp³-hybridized carbons (Fsp3) is 0.824. The fourth-order valence-corrected chi connectivity index (χ4v) is 2.14. The Morgan fingerprint density at radius 2 is 1.62 bits per heavy atom. The first-order valence-corrected chi connectivity index (χ1v) is 8.48. The number of ether oxygens (including phenoxy) is 2. The normalized spacial score (nSPS) is 14.8. The molecule has 0 aromatic carbocycles. The monoisotopic (exact) mass is 345 g/mol. The van der Waals surface area contributed by atoms with Gasteiger partial charge in [0, 0.05) is 6.92 Å². The Hall–Kier alpha value is -1.79. The number of amides is 1. The predicted octanol–water partition coefficient (Wildman–Crippen LogP) is 3.32. The van der Waals surface area contributed by atoms with E-state index in [0.717, 1.165) is 12.8 Å². The van der Waals surface area contributed by atoms with Crippen molar-refractivity contribution in [1.82, 2.24) is 5.32 Å². The van der Waals surface area contributed by atoms with Crippen LogP contribution in [0.5, 0.6) is 0 Å². The summed E-state index contributed by atoms with van der Waals surface area (Å²) in [6.07, 6.45) is 0.890. The highest BCUT2D eigenvalue weighted by Crippen LogP contribution is 2.22. The molecule has 7 heteroatoms. The van der Waals surface area contributed by atoms with Crippen LogP contribution in [0.1, 0.15) is 67.2 Å². The van der Waals surface area contributed by atoms with Crippen LogP contribution in [0, 0.1) is 11.8 Å². The summed E-state index contributed by atoms with van der Waals surface area (Å²) in [6.45, 7) is 10.3. The summed E-state index contributed by atoms with van der Waals surface area (Å²) in [7, 11) is 0. The first-order chi connectivity index (χ1) is 11.1. The van der Waals surface area contributed by atoms with E-state index in [1.807, 2.05) is 0 Å². The summed E-state index contributed by atoms with van der Waals surface area (Å²) in [5, 5.41) is 11.8. The molecule has 0 aromatic rings. The SMILES string of the molecule is CCC(CC)CC[C@](C)(NC(=O)O[C@H](C)OC(=O)C(C)C)C(=O)O. The maximum atomic E-state index is 11.9. The van der Waals surface area contributed by atoms with Crippen molar-refractivity contribution in [3.8, 4) is 0 Å². The molecule has 1 amide bonds. The molecule has 7 nitrogen and oxygen atoms in total. The van der Waals surface area contributed by atoms with Gasteiger partial charge in [0.25, 0.3) is 0 Å². The lowest BCUT2D eigenvalue weighted by Crippen LogP contribution is -2.53. The molecule has 0 bridgehead atoms. The Bertz CT molecular complexity index is 433. The number of carbonyl (C=O) groups is 3. The van der Waals surface area contributed by atoms with Gasteiger partial charge in [0.1, 0.15) is 5.54 Å². The van der Waals surface area contributed by atoms with Crippen molar-refractivity contribution in [2.24, 2.45) is 11.8 Å². The lowest BCUT2D eigenvalue weighted by atomic mass is 9.88. The number of alkyl carbamates (subject to hydrolysis) is 1. The average Bonchev–Trinajstić information content (AvgIpc) is 2.47. The molecule has 0 aliphatic heterocycles. The molecule has 0 aliphatic rings. The van der Waals surface area contributed by atoms with Crippen molar-refractivity contribution in [2.45, 2.75) is 79.1 Å². The quantitative estimate of drug-likeness (QED) is 0.465. The smallest absolute Gasteiger partial charge is 0.411 e. The zero-order valence-electron chi connectivity index (χ0n) is 15.5. The van der Waals surface area contributed by atoms with Gasteiger partial charge in [-0.15, -0.1) is 0 Å². The zero-order chi connectivity index (χ0) is 18.9. The second kappa shape index (κ2) is 10.2. The maximum Gasteiger partial charge on any atom is 0.411 e. The Kier molecular flexibility index (Phi) is 9.40. The summed E-state index contributed by atoms with van der Waals surface area (Å²) in [4.78, 5) is 34.9. The average molecular weight is 345 g/mol. The minimum atomic E-state index is -1.43. The van der Waals surface area contributed by atoms with Gasteiger partial charge in [-0.1, -0.05) is 40.5 Å². The molecule has 0 radical (unpaired) electrons. The third-order valence-corrected chi connectivity index (χ3v) is 4.08. The van der Waals surface area contributed by atoms with E-state index in [1.54, 1.807) is 13.8 Å². The number of carboxylic acid groups (broad SMARTS) is 1. The van der Waals surface area contributed by atoms with Gasteiger partial charge in [-0.3, -0.25) is 4.79 Å². The Morgan fingerprint density at radius 3 is 2.04 bits per heavy atom. The van der Waals surface area contributed by atoms with Crippen LogP contribution >= 0.6 is 0 Å². The minimum Gasteiger partial charge on any atom is -0.480 e. The van der Waals surface area contributed by atoms with Crippen LogP contribution in [0.15, 0.2) is 0 Å². The first-order valence-electron chi connectivity index (χ1n) is 8.48. The van der Waals surface area contributed by atoms with Gasteiger partial charge in [0.2, 0.25) is 6.29 Å². The van der Waals surface area contributed by atoms with E-state index in [-0.39, 0.29) is 5.92 Å². The van der Waals surface area contributed by atoms with E-state index >= 15 is 0 Å². The zero-order valence-corrected chi connectivity index (χ0v) is 15.5. The van der Waals surface area contributed by atoms with E-state index in [0.29, 0.717) is 18.8 Å². The van der Waals surface area contributed by atoms with Gasteiger partial charge in [-0.2, -0.15) is 0 Å². The van der Waals surface area contributed by atoms with E-state index in [4.69, 9.17) is 9.47 Å². The van der Waals surface area contributed by atoms with Crippen LogP contribution in [0.2, 0.25) is 0 Å². The summed E-state index contributed by atoms with van der Waals surface area (Å²) < 4.78 is 9.84. The first kappa shape index (κ1) is 22.2. The molecule has 0 unspecified atom stereocenters. The Morgan fingerprint density at radius 1 is 1.08 bits per heavy atom. The standard InChI is InChI=1S/C17H31NO6/c1-7-13(8-2)9-10-17(6,15(20)21)18-16(22)24-12(5)23-14(19)11(3)4/h11-13H,7-10H2,1-6H3,(H,18,22)(H,20,21)/t12-,17+/m1/s1. The molecule has 0 fully saturated rings. The summed E-state index contributed by atoms with van der Waals surface area (Å²) >= 11 is 0. The number of esters is 1. The van der Waals surface area contributed by atoms with E-state index in [1.165, 1.54) is 13.8 Å². The molecule has 0 rings (SSSR count). The van der Waals surface area contributed by atoms with Crippen LogP contribution in [0.25, 0.3) is 0 Å². The lowest BCUT2D eigenvalue weighted by molar-refractivity contribution is -0.169. The molecule has 0 saturated heterocycles. The number of aliphatic carboxylic acids is 1. The van der Waals surface area contributed by atoms with Crippen LogP contribution in [-0.4, -0.2) is 35.0 Å². The second-order valence-corrected chi connectivity index (χ2v) is 6.55. The number of carboxylic acids is 1. The van der Waals surface area contributed by atoms with E-state index in [2.05, 4.69) is 19.2 Å². The topological polar surface area (TPSA) is 102 Å². The molecule has 0 spiro atoms. The largest absolute Gasteiger partial charge is 0.480 e. The van der Waals surface area contributed by atoms with Crippen molar-refractivity contribution >= 4 is 18.0 Å². The highest BCUT2D eigenvalue weighted by Gasteiger charge is 2.36. The van der Waals surface area contributed by atoms with Crippen molar-refractivity contribution in [2.75, 3.05) is 0 Å². The van der Waals surface area contributed by atoms with Crippen molar-refractivity contribution in [1.29, 1.82) is 0 Å². The molecule has 0 saturated carbocycles. The van der Waals surface area contributed by atoms with E-state index < -0.39 is 29.9 Å². The van der Waals surface area contributed by atoms with Gasteiger partial charge >= 0.3 is 18.0 Å².